The van der Waals surface area contributed by atoms with Crippen LogP contribution in [0.5, 0.6) is 0 Å². The molecule has 134 valence electrons. The molecule has 0 bridgehead atoms. The number of benzene rings is 1. The molecule has 1 heterocycles. The van der Waals surface area contributed by atoms with Crippen molar-refractivity contribution in [2.24, 2.45) is 5.92 Å². The standard InChI is InChI=1S/C18H29N3O2S/c1-14(2)24-17-8-4-3-7-16(17)20-18(23)19-9-11-21-10-5-6-15(12-21)13-22/h3-4,7-8,14-15,22H,5-6,9-13H2,1-2H3,(H2,19,20,23)/t15-/m1/s1. The number of aliphatic hydroxyl groups is 1. The Kier molecular flexibility index (Phi) is 7.88. The molecule has 1 atom stereocenters. The van der Waals surface area contributed by atoms with Crippen molar-refractivity contribution in [1.29, 1.82) is 0 Å². The zero-order valence-corrected chi connectivity index (χ0v) is 15.4. The van der Waals surface area contributed by atoms with Gasteiger partial charge in [0.2, 0.25) is 0 Å². The molecular weight excluding hydrogens is 322 g/mol. The molecule has 0 aromatic heterocycles. The number of piperidine rings is 1. The van der Waals surface area contributed by atoms with Crippen LogP contribution in [-0.4, -0.2) is 54.1 Å². The number of rotatable bonds is 7. The van der Waals surface area contributed by atoms with Crippen LogP contribution in [0.3, 0.4) is 0 Å². The first-order chi connectivity index (χ1) is 11.6. The van der Waals surface area contributed by atoms with Crippen molar-refractivity contribution in [1.82, 2.24) is 10.2 Å². The second kappa shape index (κ2) is 9.91. The molecule has 2 rings (SSSR count). The van der Waals surface area contributed by atoms with E-state index in [2.05, 4.69) is 29.4 Å². The van der Waals surface area contributed by atoms with Crippen LogP contribution in [0.25, 0.3) is 0 Å². The lowest BCUT2D eigenvalue weighted by Crippen LogP contribution is -2.42. The number of aliphatic hydroxyl groups excluding tert-OH is 1. The number of nitrogens with zero attached hydrogens (tertiary/aromatic N) is 1. The van der Waals surface area contributed by atoms with Crippen molar-refractivity contribution in [2.75, 3.05) is 38.1 Å². The maximum atomic E-state index is 12.1. The maximum Gasteiger partial charge on any atom is 0.319 e. The second-order valence-electron chi connectivity index (χ2n) is 6.54. The molecule has 1 aliphatic heterocycles. The van der Waals surface area contributed by atoms with Gasteiger partial charge in [-0.05, 0) is 37.4 Å². The molecule has 1 saturated heterocycles. The number of urea groups is 1. The lowest BCUT2D eigenvalue weighted by Gasteiger charge is -2.31. The summed E-state index contributed by atoms with van der Waals surface area (Å²) in [6.45, 7) is 7.95. The topological polar surface area (TPSA) is 64.6 Å². The Bertz CT molecular complexity index is 525. The number of carbonyl (C=O) groups excluding carboxylic acids is 1. The number of nitrogens with one attached hydrogen (secondary N) is 2. The van der Waals surface area contributed by atoms with E-state index in [1.54, 1.807) is 11.8 Å². The predicted molar refractivity (Wildman–Crippen MR) is 101 cm³/mol. The Morgan fingerprint density at radius 3 is 2.96 bits per heavy atom. The molecule has 1 aliphatic rings. The molecule has 1 aromatic carbocycles. The summed E-state index contributed by atoms with van der Waals surface area (Å²) in [7, 11) is 0. The number of anilines is 1. The van der Waals surface area contributed by atoms with E-state index in [1.807, 2.05) is 24.3 Å². The van der Waals surface area contributed by atoms with Gasteiger partial charge >= 0.3 is 6.03 Å². The van der Waals surface area contributed by atoms with E-state index in [1.165, 1.54) is 0 Å². The Morgan fingerprint density at radius 1 is 1.42 bits per heavy atom. The lowest BCUT2D eigenvalue weighted by molar-refractivity contribution is 0.121. The molecule has 6 heteroatoms. The van der Waals surface area contributed by atoms with Crippen LogP contribution in [0.2, 0.25) is 0 Å². The number of hydrogen-bond donors (Lipinski definition) is 3. The fourth-order valence-corrected chi connectivity index (χ4v) is 3.84. The fraction of sp³-hybridized carbons (Fsp3) is 0.611. The summed E-state index contributed by atoms with van der Waals surface area (Å²) in [6, 6.07) is 7.72. The third-order valence-electron chi connectivity index (χ3n) is 4.07. The van der Waals surface area contributed by atoms with Gasteiger partial charge in [0.1, 0.15) is 0 Å². The summed E-state index contributed by atoms with van der Waals surface area (Å²) in [5.41, 5.74) is 0.854. The SMILES string of the molecule is CC(C)Sc1ccccc1NC(=O)NCCN1CCC[C@@H](CO)C1. The molecular formula is C18H29N3O2S. The van der Waals surface area contributed by atoms with Crippen LogP contribution < -0.4 is 10.6 Å². The van der Waals surface area contributed by atoms with Gasteiger partial charge in [0, 0.05) is 36.4 Å². The molecule has 0 unspecified atom stereocenters. The van der Waals surface area contributed by atoms with Crippen molar-refractivity contribution >= 4 is 23.5 Å². The Morgan fingerprint density at radius 2 is 2.21 bits per heavy atom. The second-order valence-corrected chi connectivity index (χ2v) is 8.15. The van der Waals surface area contributed by atoms with Gasteiger partial charge in [0.15, 0.2) is 0 Å². The van der Waals surface area contributed by atoms with Crippen LogP contribution in [0, 0.1) is 5.92 Å². The first-order valence-corrected chi connectivity index (χ1v) is 9.60. The third kappa shape index (κ3) is 6.34. The van der Waals surface area contributed by atoms with Crippen molar-refractivity contribution in [2.45, 2.75) is 36.8 Å². The van der Waals surface area contributed by atoms with Gasteiger partial charge in [-0.2, -0.15) is 0 Å². The quantitative estimate of drug-likeness (QED) is 0.661. The lowest BCUT2D eigenvalue weighted by atomic mass is 9.99. The van der Waals surface area contributed by atoms with Crippen molar-refractivity contribution < 1.29 is 9.90 Å². The van der Waals surface area contributed by atoms with Gasteiger partial charge in [-0.25, -0.2) is 4.79 Å². The van der Waals surface area contributed by atoms with Crippen LogP contribution in [0.1, 0.15) is 26.7 Å². The van der Waals surface area contributed by atoms with Crippen LogP contribution in [0.4, 0.5) is 10.5 Å². The van der Waals surface area contributed by atoms with E-state index >= 15 is 0 Å². The summed E-state index contributed by atoms with van der Waals surface area (Å²) in [5.74, 6) is 0.382. The highest BCUT2D eigenvalue weighted by molar-refractivity contribution is 8.00. The normalized spacial score (nSPS) is 18.6. The minimum atomic E-state index is -0.164. The first kappa shape index (κ1) is 19.1. The largest absolute Gasteiger partial charge is 0.396 e. The molecule has 0 aliphatic carbocycles. The average molecular weight is 352 g/mol. The smallest absolute Gasteiger partial charge is 0.319 e. The molecule has 3 N–H and O–H groups in total. The number of likely N-dealkylation sites (tertiary alicyclic amines) is 1. The molecule has 1 fully saturated rings. The highest BCUT2D eigenvalue weighted by Crippen LogP contribution is 2.29. The zero-order valence-electron chi connectivity index (χ0n) is 14.6. The van der Waals surface area contributed by atoms with E-state index in [0.717, 1.165) is 43.1 Å². The fourth-order valence-electron chi connectivity index (χ4n) is 2.92. The molecule has 24 heavy (non-hydrogen) atoms. The number of thioether (sulfide) groups is 1. The van der Waals surface area contributed by atoms with Gasteiger partial charge in [0.05, 0.1) is 5.69 Å². The molecule has 5 nitrogen and oxygen atoms in total. The average Bonchev–Trinajstić information content (AvgIpc) is 2.56. The first-order valence-electron chi connectivity index (χ1n) is 8.72. The molecule has 0 radical (unpaired) electrons. The van der Waals surface area contributed by atoms with Crippen molar-refractivity contribution in [3.63, 3.8) is 0 Å². The van der Waals surface area contributed by atoms with Crippen molar-refractivity contribution in [3.05, 3.63) is 24.3 Å². The Labute approximate surface area is 149 Å². The van der Waals surface area contributed by atoms with Gasteiger partial charge in [-0.3, -0.25) is 0 Å². The Balaban J connectivity index is 1.75. The van der Waals surface area contributed by atoms with Crippen LogP contribution in [0.15, 0.2) is 29.2 Å². The minimum absolute atomic E-state index is 0.164. The number of para-hydroxylation sites is 1. The summed E-state index contributed by atoms with van der Waals surface area (Å²) in [6.07, 6.45) is 2.22. The summed E-state index contributed by atoms with van der Waals surface area (Å²) in [5, 5.41) is 15.6. The zero-order chi connectivity index (χ0) is 17.4. The Hall–Kier alpha value is -1.24. The van der Waals surface area contributed by atoms with E-state index in [-0.39, 0.29) is 12.6 Å². The van der Waals surface area contributed by atoms with E-state index in [0.29, 0.717) is 17.7 Å². The highest BCUT2D eigenvalue weighted by atomic mass is 32.2. The minimum Gasteiger partial charge on any atom is -0.396 e. The molecule has 0 saturated carbocycles. The highest BCUT2D eigenvalue weighted by Gasteiger charge is 2.18. The summed E-state index contributed by atoms with van der Waals surface area (Å²) in [4.78, 5) is 15.5. The van der Waals surface area contributed by atoms with Gasteiger partial charge < -0.3 is 20.6 Å². The molecule has 2 amide bonds. The number of carbonyl (C=O) groups is 1. The van der Waals surface area contributed by atoms with E-state index < -0.39 is 0 Å². The number of hydrogen-bond acceptors (Lipinski definition) is 4. The summed E-state index contributed by atoms with van der Waals surface area (Å²) >= 11 is 1.74. The van der Waals surface area contributed by atoms with Crippen molar-refractivity contribution in [3.8, 4) is 0 Å². The molecule has 0 spiro atoms. The van der Waals surface area contributed by atoms with Crippen LogP contribution >= 0.6 is 11.8 Å². The van der Waals surface area contributed by atoms with Crippen LogP contribution in [-0.2, 0) is 0 Å². The maximum absolute atomic E-state index is 12.1. The van der Waals surface area contributed by atoms with Gasteiger partial charge in [-0.1, -0.05) is 26.0 Å². The van der Waals surface area contributed by atoms with Gasteiger partial charge in [-0.15, -0.1) is 11.8 Å². The van der Waals surface area contributed by atoms with E-state index in [9.17, 15) is 9.90 Å². The molecule has 1 aromatic rings. The summed E-state index contributed by atoms with van der Waals surface area (Å²) < 4.78 is 0. The number of amides is 2. The van der Waals surface area contributed by atoms with E-state index in [4.69, 9.17) is 0 Å². The third-order valence-corrected chi connectivity index (χ3v) is 5.15. The van der Waals surface area contributed by atoms with Gasteiger partial charge in [0.25, 0.3) is 0 Å². The monoisotopic (exact) mass is 351 g/mol. The predicted octanol–water partition coefficient (Wildman–Crippen LogP) is 3.01.